The first-order valence-electron chi connectivity index (χ1n) is 4.70. The molecule has 0 aromatic heterocycles. The first kappa shape index (κ1) is 13.1. The zero-order chi connectivity index (χ0) is 12.0. The highest BCUT2D eigenvalue weighted by atomic mass is 32.2. The minimum Gasteiger partial charge on any atom is -0.353 e. The van der Waals surface area contributed by atoms with Gasteiger partial charge in [0.25, 0.3) is 10.1 Å². The van der Waals surface area contributed by atoms with E-state index >= 15 is 0 Å². The van der Waals surface area contributed by atoms with Crippen molar-refractivity contribution in [3.63, 3.8) is 0 Å². The van der Waals surface area contributed by atoms with Crippen LogP contribution in [0, 0.1) is 6.92 Å². The number of ether oxygens (including phenoxy) is 2. The smallest absolute Gasteiger partial charge is 0.294 e. The Balaban J connectivity index is 0.000000212. The molecule has 0 saturated carbocycles. The SMILES string of the molecule is C1COCO1.Cc1ccc(S(=O)(=O)O)cc1. The highest BCUT2D eigenvalue weighted by molar-refractivity contribution is 7.85. The van der Waals surface area contributed by atoms with Gasteiger partial charge in [0.1, 0.15) is 6.79 Å². The number of benzene rings is 1. The van der Waals surface area contributed by atoms with Crippen LogP contribution in [-0.4, -0.2) is 33.0 Å². The molecular weight excluding hydrogens is 232 g/mol. The van der Waals surface area contributed by atoms with Gasteiger partial charge in [-0.1, -0.05) is 17.7 Å². The Kier molecular flexibility index (Phi) is 4.88. The van der Waals surface area contributed by atoms with E-state index in [1.807, 2.05) is 6.92 Å². The summed E-state index contributed by atoms with van der Waals surface area (Å²) in [7, 11) is -4.02. The molecule has 90 valence electrons. The predicted octanol–water partition coefficient (Wildman–Crippen LogP) is 1.23. The van der Waals surface area contributed by atoms with Gasteiger partial charge in [0.2, 0.25) is 0 Å². The highest BCUT2D eigenvalue weighted by Crippen LogP contribution is 2.08. The summed E-state index contributed by atoms with van der Waals surface area (Å²) < 4.78 is 39.0. The molecule has 0 radical (unpaired) electrons. The van der Waals surface area contributed by atoms with Crippen LogP contribution in [-0.2, 0) is 19.6 Å². The molecule has 1 saturated heterocycles. The zero-order valence-electron chi connectivity index (χ0n) is 8.92. The molecule has 1 N–H and O–H groups in total. The Morgan fingerprint density at radius 1 is 1.12 bits per heavy atom. The van der Waals surface area contributed by atoms with Crippen molar-refractivity contribution in [2.75, 3.05) is 20.0 Å². The largest absolute Gasteiger partial charge is 0.353 e. The van der Waals surface area contributed by atoms with Gasteiger partial charge in [-0.2, -0.15) is 8.42 Å². The lowest BCUT2D eigenvalue weighted by Gasteiger charge is -1.95. The maximum atomic E-state index is 10.5. The summed E-state index contributed by atoms with van der Waals surface area (Å²) in [6.45, 7) is 3.90. The van der Waals surface area contributed by atoms with Crippen LogP contribution in [0.25, 0.3) is 0 Å². The standard InChI is InChI=1S/C7H8O3S.C3H6O2/c1-6-2-4-7(5-3-6)11(8,9)10;1-2-5-3-4-1/h2-5H,1H3,(H,8,9,10);1-3H2. The third-order valence-electron chi connectivity index (χ3n) is 1.86. The summed E-state index contributed by atoms with van der Waals surface area (Å²) in [5.74, 6) is 0. The van der Waals surface area contributed by atoms with E-state index in [2.05, 4.69) is 0 Å². The van der Waals surface area contributed by atoms with Crippen LogP contribution in [0.15, 0.2) is 29.2 Å². The van der Waals surface area contributed by atoms with Crippen LogP contribution >= 0.6 is 0 Å². The van der Waals surface area contributed by atoms with E-state index in [-0.39, 0.29) is 4.90 Å². The second kappa shape index (κ2) is 5.95. The van der Waals surface area contributed by atoms with Gasteiger partial charge in [0.05, 0.1) is 18.1 Å². The van der Waals surface area contributed by atoms with Crippen molar-refractivity contribution in [1.82, 2.24) is 0 Å². The maximum Gasteiger partial charge on any atom is 0.294 e. The minimum atomic E-state index is -4.02. The van der Waals surface area contributed by atoms with Crippen molar-refractivity contribution in [3.05, 3.63) is 29.8 Å². The first-order valence-corrected chi connectivity index (χ1v) is 6.14. The Labute approximate surface area is 94.7 Å². The topological polar surface area (TPSA) is 72.8 Å². The number of rotatable bonds is 1. The van der Waals surface area contributed by atoms with Crippen LogP contribution in [0.1, 0.15) is 5.56 Å². The summed E-state index contributed by atoms with van der Waals surface area (Å²) in [5, 5.41) is 0. The average molecular weight is 246 g/mol. The second-order valence-electron chi connectivity index (χ2n) is 3.22. The molecular formula is C10H14O5S. The molecule has 0 unspecified atom stereocenters. The lowest BCUT2D eigenvalue weighted by molar-refractivity contribution is 0.0692. The van der Waals surface area contributed by atoms with Crippen molar-refractivity contribution >= 4 is 10.1 Å². The molecule has 0 amide bonds. The molecule has 0 aliphatic carbocycles. The number of hydrogen-bond donors (Lipinski definition) is 1. The van der Waals surface area contributed by atoms with Gasteiger partial charge >= 0.3 is 0 Å². The van der Waals surface area contributed by atoms with Gasteiger partial charge in [0, 0.05) is 0 Å². The van der Waals surface area contributed by atoms with E-state index in [9.17, 15) is 8.42 Å². The van der Waals surface area contributed by atoms with Gasteiger partial charge in [-0.25, -0.2) is 0 Å². The van der Waals surface area contributed by atoms with Crippen molar-refractivity contribution < 1.29 is 22.4 Å². The molecule has 1 aliphatic heterocycles. The second-order valence-corrected chi connectivity index (χ2v) is 4.64. The van der Waals surface area contributed by atoms with E-state index in [1.165, 1.54) is 12.1 Å². The molecule has 1 aliphatic rings. The summed E-state index contributed by atoms with van der Waals surface area (Å²) >= 11 is 0. The molecule has 0 atom stereocenters. The molecule has 0 spiro atoms. The fourth-order valence-corrected chi connectivity index (χ4v) is 1.48. The Hall–Kier alpha value is -0.950. The molecule has 16 heavy (non-hydrogen) atoms. The van der Waals surface area contributed by atoms with Gasteiger partial charge in [-0.15, -0.1) is 0 Å². The maximum absolute atomic E-state index is 10.5. The molecule has 2 rings (SSSR count). The van der Waals surface area contributed by atoms with Crippen LogP contribution < -0.4 is 0 Å². The van der Waals surface area contributed by atoms with Crippen molar-refractivity contribution in [2.24, 2.45) is 0 Å². The minimum absolute atomic E-state index is 0.0666. The van der Waals surface area contributed by atoms with Crippen LogP contribution in [0.4, 0.5) is 0 Å². The molecule has 1 fully saturated rings. The molecule has 0 bridgehead atoms. The molecule has 6 heteroatoms. The van der Waals surface area contributed by atoms with Gasteiger partial charge in [-0.3, -0.25) is 4.55 Å². The van der Waals surface area contributed by atoms with Crippen molar-refractivity contribution in [3.8, 4) is 0 Å². The lowest BCUT2D eigenvalue weighted by atomic mass is 10.2. The van der Waals surface area contributed by atoms with Crippen molar-refractivity contribution in [1.29, 1.82) is 0 Å². The third kappa shape index (κ3) is 4.71. The fraction of sp³-hybridized carbons (Fsp3) is 0.400. The zero-order valence-corrected chi connectivity index (χ0v) is 9.74. The number of aryl methyl sites for hydroxylation is 1. The highest BCUT2D eigenvalue weighted by Gasteiger charge is 2.06. The Morgan fingerprint density at radius 3 is 1.94 bits per heavy atom. The van der Waals surface area contributed by atoms with Crippen LogP contribution in [0.3, 0.4) is 0 Å². The summed E-state index contributed by atoms with van der Waals surface area (Å²) in [5.41, 5.74) is 0.956. The van der Waals surface area contributed by atoms with Gasteiger partial charge in [0.15, 0.2) is 0 Å². The quantitative estimate of drug-likeness (QED) is 0.754. The van der Waals surface area contributed by atoms with E-state index in [0.29, 0.717) is 6.79 Å². The van der Waals surface area contributed by atoms with Crippen LogP contribution in [0.2, 0.25) is 0 Å². The molecule has 1 aromatic rings. The summed E-state index contributed by atoms with van der Waals surface area (Å²) in [6.07, 6.45) is 0. The van der Waals surface area contributed by atoms with Crippen molar-refractivity contribution in [2.45, 2.75) is 11.8 Å². The van der Waals surface area contributed by atoms with E-state index in [1.54, 1.807) is 12.1 Å². The van der Waals surface area contributed by atoms with Crippen LogP contribution in [0.5, 0.6) is 0 Å². The first-order chi connectivity index (χ1) is 7.50. The molecule has 1 heterocycles. The lowest BCUT2D eigenvalue weighted by Crippen LogP contribution is -1.96. The third-order valence-corrected chi connectivity index (χ3v) is 2.73. The van der Waals surface area contributed by atoms with E-state index < -0.39 is 10.1 Å². The summed E-state index contributed by atoms with van der Waals surface area (Å²) in [4.78, 5) is -0.0666. The normalized spacial score (nSPS) is 15.4. The Morgan fingerprint density at radius 2 is 1.62 bits per heavy atom. The number of hydrogen-bond acceptors (Lipinski definition) is 4. The van der Waals surface area contributed by atoms with Gasteiger partial charge < -0.3 is 9.47 Å². The average Bonchev–Trinajstić information content (AvgIpc) is 2.74. The molecule has 5 nitrogen and oxygen atoms in total. The van der Waals surface area contributed by atoms with E-state index in [0.717, 1.165) is 18.8 Å². The monoisotopic (exact) mass is 246 g/mol. The van der Waals surface area contributed by atoms with E-state index in [4.69, 9.17) is 14.0 Å². The fourth-order valence-electron chi connectivity index (χ4n) is 1.00. The Bertz CT molecular complexity index is 398. The predicted molar refractivity (Wildman–Crippen MR) is 57.8 cm³/mol. The summed E-state index contributed by atoms with van der Waals surface area (Å²) in [6, 6.07) is 5.99. The molecule has 1 aromatic carbocycles. The van der Waals surface area contributed by atoms with Gasteiger partial charge in [-0.05, 0) is 19.1 Å².